The van der Waals surface area contributed by atoms with Gasteiger partial charge in [-0.05, 0) is 38.0 Å². The van der Waals surface area contributed by atoms with E-state index in [1.165, 1.54) is 25.3 Å². The fraction of sp³-hybridized carbons (Fsp3) is 0.444. The van der Waals surface area contributed by atoms with Crippen molar-refractivity contribution in [3.63, 3.8) is 0 Å². The Balaban J connectivity index is 1.85. The molecule has 0 radical (unpaired) electrons. The number of anilines is 1. The van der Waals surface area contributed by atoms with Crippen LogP contribution < -0.4 is 14.8 Å². The number of nitrogens with one attached hydrogen (secondary N) is 2. The summed E-state index contributed by atoms with van der Waals surface area (Å²) in [7, 11) is -2.53. The SMILES string of the molecule is CCOC(=O)c1nnsc1NC(=O)c1ccc(OC)c(S(=O)(=O)NC2CCCC2)c1. The molecule has 0 bridgehead atoms. The molecule has 3 rings (SSSR count). The van der Waals surface area contributed by atoms with E-state index in [-0.39, 0.29) is 39.6 Å². The van der Waals surface area contributed by atoms with E-state index in [1.54, 1.807) is 6.92 Å². The number of aromatic nitrogens is 2. The number of carbonyl (C=O) groups excluding carboxylic acids is 2. The predicted molar refractivity (Wildman–Crippen MR) is 109 cm³/mol. The van der Waals surface area contributed by atoms with Crippen LogP contribution in [0.15, 0.2) is 23.1 Å². The smallest absolute Gasteiger partial charge is 0.362 e. The summed E-state index contributed by atoms with van der Waals surface area (Å²) in [5, 5.41) is 6.32. The predicted octanol–water partition coefficient (Wildman–Crippen LogP) is 2.20. The first kappa shape index (κ1) is 22.1. The summed E-state index contributed by atoms with van der Waals surface area (Å²) in [4.78, 5) is 24.5. The summed E-state index contributed by atoms with van der Waals surface area (Å²) in [6.07, 6.45) is 3.49. The third kappa shape index (κ3) is 4.94. The van der Waals surface area contributed by atoms with Gasteiger partial charge in [0, 0.05) is 23.1 Å². The van der Waals surface area contributed by atoms with Crippen LogP contribution in [-0.4, -0.2) is 49.6 Å². The number of sulfonamides is 1. The molecule has 0 spiro atoms. The maximum Gasteiger partial charge on any atom is 0.362 e. The van der Waals surface area contributed by atoms with Crippen molar-refractivity contribution in [2.75, 3.05) is 19.0 Å². The number of amides is 1. The molecule has 1 fully saturated rings. The molecule has 1 aromatic heterocycles. The van der Waals surface area contributed by atoms with Gasteiger partial charge in [-0.2, -0.15) is 0 Å². The highest BCUT2D eigenvalue weighted by atomic mass is 32.2. The average Bonchev–Trinajstić information content (AvgIpc) is 3.39. The zero-order chi connectivity index (χ0) is 21.7. The number of esters is 1. The minimum atomic E-state index is -3.88. The highest BCUT2D eigenvalue weighted by Crippen LogP contribution is 2.28. The molecule has 1 aromatic carbocycles. The fourth-order valence-electron chi connectivity index (χ4n) is 3.14. The largest absolute Gasteiger partial charge is 0.495 e. The highest BCUT2D eigenvalue weighted by molar-refractivity contribution is 7.89. The molecule has 0 saturated heterocycles. The molecule has 1 saturated carbocycles. The van der Waals surface area contributed by atoms with Gasteiger partial charge in [0.25, 0.3) is 5.91 Å². The highest BCUT2D eigenvalue weighted by Gasteiger charge is 2.27. The number of ether oxygens (including phenoxy) is 2. The van der Waals surface area contributed by atoms with Crippen molar-refractivity contribution in [3.05, 3.63) is 29.5 Å². The number of rotatable bonds is 8. The van der Waals surface area contributed by atoms with E-state index >= 15 is 0 Å². The van der Waals surface area contributed by atoms with Crippen LogP contribution >= 0.6 is 11.5 Å². The summed E-state index contributed by atoms with van der Waals surface area (Å²) in [6, 6.07) is 3.95. The molecule has 2 aromatic rings. The Morgan fingerprint density at radius 2 is 2.00 bits per heavy atom. The minimum Gasteiger partial charge on any atom is -0.495 e. The van der Waals surface area contributed by atoms with Crippen LogP contribution in [0, 0.1) is 0 Å². The number of hydrogen-bond acceptors (Lipinski definition) is 9. The van der Waals surface area contributed by atoms with Gasteiger partial charge in [-0.3, -0.25) is 4.79 Å². The van der Waals surface area contributed by atoms with Gasteiger partial charge >= 0.3 is 5.97 Å². The minimum absolute atomic E-state index is 0.0748. The molecule has 1 aliphatic rings. The van der Waals surface area contributed by atoms with Crippen LogP contribution in [0.1, 0.15) is 53.5 Å². The van der Waals surface area contributed by atoms with Crippen molar-refractivity contribution in [3.8, 4) is 5.75 Å². The van der Waals surface area contributed by atoms with Gasteiger partial charge in [0.1, 0.15) is 10.6 Å². The Morgan fingerprint density at radius 3 is 2.67 bits per heavy atom. The molecule has 1 heterocycles. The van der Waals surface area contributed by atoms with Gasteiger partial charge in [-0.1, -0.05) is 17.3 Å². The molecule has 30 heavy (non-hydrogen) atoms. The lowest BCUT2D eigenvalue weighted by atomic mass is 10.2. The van der Waals surface area contributed by atoms with Gasteiger partial charge in [0.15, 0.2) is 5.00 Å². The Labute approximate surface area is 178 Å². The number of benzene rings is 1. The van der Waals surface area contributed by atoms with Gasteiger partial charge in [-0.15, -0.1) is 5.10 Å². The third-order valence-electron chi connectivity index (χ3n) is 4.58. The molecule has 0 atom stereocenters. The lowest BCUT2D eigenvalue weighted by Crippen LogP contribution is -2.33. The van der Waals surface area contributed by atoms with E-state index in [1.807, 2.05) is 0 Å². The van der Waals surface area contributed by atoms with Gasteiger partial charge < -0.3 is 14.8 Å². The van der Waals surface area contributed by atoms with Gasteiger partial charge in [0.2, 0.25) is 15.7 Å². The fourth-order valence-corrected chi connectivity index (χ4v) is 5.19. The number of nitrogens with zero attached hydrogens (tertiary/aromatic N) is 2. The van der Waals surface area contributed by atoms with E-state index < -0.39 is 21.9 Å². The van der Waals surface area contributed by atoms with Crippen LogP contribution in [-0.2, 0) is 14.8 Å². The second-order valence-corrected chi connectivity index (χ2v) is 9.03. The van der Waals surface area contributed by atoms with E-state index in [2.05, 4.69) is 19.6 Å². The van der Waals surface area contributed by atoms with Crippen LogP contribution in [0.4, 0.5) is 5.00 Å². The van der Waals surface area contributed by atoms with E-state index in [9.17, 15) is 18.0 Å². The first-order chi connectivity index (χ1) is 14.4. The zero-order valence-corrected chi connectivity index (χ0v) is 18.1. The molecule has 162 valence electrons. The summed E-state index contributed by atoms with van der Waals surface area (Å²) in [6.45, 7) is 1.80. The summed E-state index contributed by atoms with van der Waals surface area (Å²) < 4.78 is 42.2. The van der Waals surface area contributed by atoms with Crippen molar-refractivity contribution in [2.24, 2.45) is 0 Å². The molecule has 1 aliphatic carbocycles. The summed E-state index contributed by atoms with van der Waals surface area (Å²) in [5.74, 6) is -1.20. The van der Waals surface area contributed by atoms with E-state index in [4.69, 9.17) is 9.47 Å². The average molecular weight is 455 g/mol. The van der Waals surface area contributed by atoms with Crippen LogP contribution in [0.5, 0.6) is 5.75 Å². The van der Waals surface area contributed by atoms with Crippen LogP contribution in [0.25, 0.3) is 0 Å². The molecule has 12 heteroatoms. The van der Waals surface area contributed by atoms with Crippen molar-refractivity contribution >= 4 is 38.4 Å². The number of methoxy groups -OCH3 is 1. The Kier molecular flexibility index (Phi) is 7.00. The first-order valence-electron chi connectivity index (χ1n) is 9.37. The Bertz CT molecular complexity index is 1030. The number of carbonyl (C=O) groups is 2. The summed E-state index contributed by atoms with van der Waals surface area (Å²) >= 11 is 0.816. The summed E-state index contributed by atoms with van der Waals surface area (Å²) in [5.41, 5.74) is -0.0368. The van der Waals surface area contributed by atoms with Gasteiger partial charge in [-0.25, -0.2) is 17.9 Å². The van der Waals surface area contributed by atoms with Crippen molar-refractivity contribution in [1.82, 2.24) is 14.3 Å². The maximum atomic E-state index is 12.9. The van der Waals surface area contributed by atoms with Crippen LogP contribution in [0.2, 0.25) is 0 Å². The Hall–Kier alpha value is -2.57. The lowest BCUT2D eigenvalue weighted by molar-refractivity contribution is 0.0520. The maximum absolute atomic E-state index is 12.9. The Morgan fingerprint density at radius 1 is 1.27 bits per heavy atom. The molecule has 2 N–H and O–H groups in total. The second kappa shape index (κ2) is 9.49. The quantitative estimate of drug-likeness (QED) is 0.579. The molecule has 0 unspecified atom stereocenters. The normalized spacial score (nSPS) is 14.5. The van der Waals surface area contributed by atoms with E-state index in [0.29, 0.717) is 0 Å². The van der Waals surface area contributed by atoms with Crippen molar-refractivity contribution in [2.45, 2.75) is 43.5 Å². The molecular weight excluding hydrogens is 432 g/mol. The lowest BCUT2D eigenvalue weighted by Gasteiger charge is -2.15. The topological polar surface area (TPSA) is 137 Å². The first-order valence-corrected chi connectivity index (χ1v) is 11.6. The zero-order valence-electron chi connectivity index (χ0n) is 16.5. The molecule has 0 aliphatic heterocycles. The van der Waals surface area contributed by atoms with E-state index in [0.717, 1.165) is 37.2 Å². The third-order valence-corrected chi connectivity index (χ3v) is 6.76. The monoisotopic (exact) mass is 454 g/mol. The van der Waals surface area contributed by atoms with Crippen molar-refractivity contribution in [1.29, 1.82) is 0 Å². The number of hydrogen-bond donors (Lipinski definition) is 2. The van der Waals surface area contributed by atoms with Crippen molar-refractivity contribution < 1.29 is 27.5 Å². The molecule has 1 amide bonds. The molecular formula is C18H22N4O6S2. The van der Waals surface area contributed by atoms with Crippen LogP contribution in [0.3, 0.4) is 0 Å². The standard InChI is InChI=1S/C18H22N4O6S2/c1-3-28-18(24)15-17(29-22-20-15)19-16(23)11-8-9-13(27-2)14(10-11)30(25,26)21-12-6-4-5-7-12/h8-10,12,21H,3-7H2,1-2H3,(H,19,23). The second-order valence-electron chi connectivity index (χ2n) is 6.59. The molecule has 10 nitrogen and oxygen atoms in total. The van der Waals surface area contributed by atoms with Gasteiger partial charge in [0.05, 0.1) is 13.7 Å².